The quantitative estimate of drug-likeness (QED) is 0.641. The fourth-order valence-corrected chi connectivity index (χ4v) is 4.61. The summed E-state index contributed by atoms with van der Waals surface area (Å²) in [4.78, 5) is 36.0. The van der Waals surface area contributed by atoms with E-state index in [4.69, 9.17) is 19.6 Å². The number of H-pyrrole nitrogens is 1. The molecule has 1 aliphatic carbocycles. The van der Waals surface area contributed by atoms with Crippen LogP contribution in [0.15, 0.2) is 30.5 Å². The summed E-state index contributed by atoms with van der Waals surface area (Å²) >= 11 is 0. The summed E-state index contributed by atoms with van der Waals surface area (Å²) in [5.74, 6) is 0.159. The van der Waals surface area contributed by atoms with Crippen LogP contribution in [0.25, 0.3) is 5.57 Å². The Balaban J connectivity index is 0.00000103. The van der Waals surface area contributed by atoms with Crippen LogP contribution in [-0.4, -0.2) is 35.1 Å². The molecule has 7 nitrogen and oxygen atoms in total. The molecule has 2 heterocycles. The Morgan fingerprint density at radius 3 is 2.47 bits per heavy atom. The number of nitrogens with zero attached hydrogens (tertiary/aromatic N) is 2. The molecule has 0 radical (unpaired) electrons. The minimum Gasteiger partial charge on any atom is -0.381 e. The molecule has 1 aromatic carbocycles. The van der Waals surface area contributed by atoms with Crippen molar-refractivity contribution in [2.75, 3.05) is 13.2 Å². The van der Waals surface area contributed by atoms with E-state index in [-0.39, 0.29) is 29.6 Å². The number of allylic oxidation sites excluding steroid dienone is 2. The van der Waals surface area contributed by atoms with E-state index in [2.05, 4.69) is 55.0 Å². The first-order valence-electron chi connectivity index (χ1n) is 11.6. The van der Waals surface area contributed by atoms with E-state index < -0.39 is 0 Å². The molecule has 1 saturated heterocycles. The van der Waals surface area contributed by atoms with Crippen LogP contribution in [0.1, 0.15) is 85.9 Å². The van der Waals surface area contributed by atoms with E-state index >= 15 is 0 Å². The van der Waals surface area contributed by atoms with Crippen molar-refractivity contribution in [3.8, 4) is 6.07 Å². The van der Waals surface area contributed by atoms with E-state index in [0.29, 0.717) is 11.1 Å². The van der Waals surface area contributed by atoms with Gasteiger partial charge in [0.2, 0.25) is 5.78 Å². The number of ether oxygens (including phenoxy) is 1. The topological polar surface area (TPSA) is 113 Å². The first-order valence-corrected chi connectivity index (χ1v) is 11.6. The molecule has 2 aliphatic rings. The number of carbonyl (C=O) groups excluding carboxylic acids is 3. The van der Waals surface area contributed by atoms with Gasteiger partial charge >= 0.3 is 6.15 Å². The Labute approximate surface area is 200 Å². The number of rotatable bonds is 5. The molecule has 0 atom stereocenters. The van der Waals surface area contributed by atoms with E-state index in [1.54, 1.807) is 0 Å². The second-order valence-electron chi connectivity index (χ2n) is 10.1. The summed E-state index contributed by atoms with van der Waals surface area (Å²) in [6, 6.07) is 8.63. The first-order chi connectivity index (χ1) is 16.2. The highest BCUT2D eigenvalue weighted by Crippen LogP contribution is 2.41. The Kier molecular flexibility index (Phi) is 7.98. The molecule has 0 saturated carbocycles. The zero-order chi connectivity index (χ0) is 24.8. The number of hydrogen-bond acceptors (Lipinski definition) is 6. The number of hydrogen-bond donors (Lipinski definition) is 1. The van der Waals surface area contributed by atoms with Gasteiger partial charge in [-0.1, -0.05) is 45.0 Å². The van der Waals surface area contributed by atoms with Crippen LogP contribution in [0.2, 0.25) is 0 Å². The number of aromatic amines is 1. The van der Waals surface area contributed by atoms with Gasteiger partial charge in [0.1, 0.15) is 11.8 Å². The Bertz CT molecular complexity index is 1140. The number of ketones is 1. The highest BCUT2D eigenvalue weighted by Gasteiger charge is 2.31. The van der Waals surface area contributed by atoms with Crippen molar-refractivity contribution in [2.45, 2.75) is 64.7 Å². The molecular weight excluding hydrogens is 430 g/mol. The monoisotopic (exact) mass is 461 g/mol. The van der Waals surface area contributed by atoms with E-state index in [9.17, 15) is 4.79 Å². The third kappa shape index (κ3) is 5.96. The van der Waals surface area contributed by atoms with Crippen LogP contribution in [0.3, 0.4) is 0 Å². The van der Waals surface area contributed by atoms with Gasteiger partial charge in [0.15, 0.2) is 5.82 Å². The molecule has 7 heteroatoms. The lowest BCUT2D eigenvalue weighted by Gasteiger charge is -2.35. The van der Waals surface area contributed by atoms with Gasteiger partial charge in [-0.3, -0.25) is 4.79 Å². The van der Waals surface area contributed by atoms with Crippen molar-refractivity contribution in [1.29, 1.82) is 5.26 Å². The minimum atomic E-state index is -0.0930. The predicted octanol–water partition coefficient (Wildman–Crippen LogP) is 4.78. The van der Waals surface area contributed by atoms with Gasteiger partial charge in [-0.25, -0.2) is 4.98 Å². The third-order valence-corrected chi connectivity index (χ3v) is 7.03. The molecule has 1 aromatic heterocycles. The number of carbonyl (C=O) groups is 1. The van der Waals surface area contributed by atoms with Crippen molar-refractivity contribution >= 4 is 17.5 Å². The van der Waals surface area contributed by atoms with Crippen molar-refractivity contribution in [3.63, 3.8) is 0 Å². The van der Waals surface area contributed by atoms with Gasteiger partial charge in [0.05, 0.1) is 6.20 Å². The lowest BCUT2D eigenvalue weighted by molar-refractivity contribution is -0.191. The minimum absolute atomic E-state index is 0.0930. The van der Waals surface area contributed by atoms with Crippen molar-refractivity contribution in [2.24, 2.45) is 5.41 Å². The van der Waals surface area contributed by atoms with Gasteiger partial charge in [0, 0.05) is 19.6 Å². The molecular formula is C27H31N3O4. The molecule has 1 N–H and O–H groups in total. The number of benzene rings is 1. The maximum Gasteiger partial charge on any atom is 0.373 e. The average molecular weight is 462 g/mol. The number of Topliss-reactive ketones (excluding diaryl/α,β-unsaturated/α-hetero) is 1. The molecule has 2 aromatic rings. The van der Waals surface area contributed by atoms with Crippen LogP contribution >= 0.6 is 0 Å². The summed E-state index contributed by atoms with van der Waals surface area (Å²) in [5.41, 5.74) is 5.64. The average Bonchev–Trinajstić information content (AvgIpc) is 3.30. The number of nitrogens with one attached hydrogen (secondary N) is 1. The number of aromatic nitrogens is 2. The molecule has 0 unspecified atom stereocenters. The van der Waals surface area contributed by atoms with Crippen LogP contribution < -0.4 is 0 Å². The molecule has 1 aliphatic heterocycles. The second-order valence-corrected chi connectivity index (χ2v) is 10.1. The summed E-state index contributed by atoms with van der Waals surface area (Å²) in [6.45, 7) is 8.54. The van der Waals surface area contributed by atoms with Crippen molar-refractivity contribution in [1.82, 2.24) is 9.97 Å². The van der Waals surface area contributed by atoms with Crippen LogP contribution in [-0.2, 0) is 26.2 Å². The highest BCUT2D eigenvalue weighted by atomic mass is 16.5. The summed E-state index contributed by atoms with van der Waals surface area (Å²) < 4.78 is 5.60. The molecule has 34 heavy (non-hydrogen) atoms. The Morgan fingerprint density at radius 1 is 1.18 bits per heavy atom. The largest absolute Gasteiger partial charge is 0.381 e. The van der Waals surface area contributed by atoms with Crippen molar-refractivity contribution < 1.29 is 19.1 Å². The molecule has 0 amide bonds. The number of nitriles is 1. The maximum absolute atomic E-state index is 12.9. The SMILES string of the molecule is CC1(C)CC=C(c2cc(C3(C)CCOCC3)ccc2CC(=O)c2ncc(C#N)[nH]2)CC1.O=C=O. The Hall–Kier alpha value is -3.33. The zero-order valence-corrected chi connectivity index (χ0v) is 20.1. The Morgan fingerprint density at radius 2 is 1.88 bits per heavy atom. The molecule has 178 valence electrons. The maximum atomic E-state index is 12.9. The summed E-state index contributed by atoms with van der Waals surface area (Å²) in [6.07, 6.45) is 9.55. The van der Waals surface area contributed by atoms with E-state index in [1.165, 1.54) is 22.9 Å². The molecule has 1 fully saturated rings. The first kappa shape index (κ1) is 25.3. The molecule has 0 bridgehead atoms. The van der Waals surface area contributed by atoms with E-state index in [1.807, 2.05) is 6.07 Å². The van der Waals surface area contributed by atoms with Crippen LogP contribution in [0.5, 0.6) is 0 Å². The van der Waals surface area contributed by atoms with Crippen LogP contribution in [0.4, 0.5) is 0 Å². The smallest absolute Gasteiger partial charge is 0.373 e. The summed E-state index contributed by atoms with van der Waals surface area (Å²) in [7, 11) is 0. The predicted molar refractivity (Wildman–Crippen MR) is 126 cm³/mol. The second kappa shape index (κ2) is 10.7. The standard InChI is InChI=1S/C26H31N3O2.CO2/c1-25(2)8-6-18(7-9-25)22-15-20(26(3)10-12-31-13-11-26)5-4-19(22)14-23(30)24-28-17-21(16-27)29-24;2-1-3/h4-6,15,17H,7-14H2,1-3H3,(H,28,29);. The van der Waals surface area contributed by atoms with Crippen molar-refractivity contribution in [3.05, 3.63) is 58.7 Å². The van der Waals surface area contributed by atoms with Gasteiger partial charge in [-0.2, -0.15) is 14.9 Å². The number of imidazole rings is 1. The molecule has 4 rings (SSSR count). The fourth-order valence-electron chi connectivity index (χ4n) is 4.61. The van der Waals surface area contributed by atoms with Gasteiger partial charge < -0.3 is 9.72 Å². The third-order valence-electron chi connectivity index (χ3n) is 7.03. The summed E-state index contributed by atoms with van der Waals surface area (Å²) in [5, 5.41) is 9.01. The molecule has 0 spiro atoms. The lowest BCUT2D eigenvalue weighted by atomic mass is 9.73. The van der Waals surface area contributed by atoms with E-state index in [0.717, 1.165) is 50.9 Å². The fraction of sp³-hybridized carbons (Fsp3) is 0.481. The lowest BCUT2D eigenvalue weighted by Crippen LogP contribution is -2.30. The van der Waals surface area contributed by atoms with Crippen LogP contribution in [0, 0.1) is 16.7 Å². The highest BCUT2D eigenvalue weighted by molar-refractivity contribution is 5.95. The normalized spacial score (nSPS) is 18.5. The zero-order valence-electron chi connectivity index (χ0n) is 20.1. The van der Waals surface area contributed by atoms with Gasteiger partial charge in [-0.05, 0) is 65.2 Å². The van der Waals surface area contributed by atoms with Gasteiger partial charge in [-0.15, -0.1) is 0 Å². The van der Waals surface area contributed by atoms with Gasteiger partial charge in [0.25, 0.3) is 0 Å².